The number of nitrogens with zero attached hydrogens (tertiary/aromatic N) is 1. The molecule has 1 atom stereocenters. The van der Waals surface area contributed by atoms with E-state index >= 15 is 0 Å². The van der Waals surface area contributed by atoms with Crippen molar-refractivity contribution in [2.24, 2.45) is 5.92 Å². The molecule has 118 valence electrons. The smallest absolute Gasteiger partial charge is 0.293 e. The molecule has 21 heavy (non-hydrogen) atoms. The highest BCUT2D eigenvalue weighted by atomic mass is 32.2. The number of hydrogen-bond donors (Lipinski definition) is 2. The molecule has 0 aliphatic heterocycles. The van der Waals surface area contributed by atoms with Gasteiger partial charge in [0.1, 0.15) is 5.75 Å². The summed E-state index contributed by atoms with van der Waals surface area (Å²) in [6.45, 7) is 1.80. The van der Waals surface area contributed by atoms with Gasteiger partial charge >= 0.3 is 0 Å². The van der Waals surface area contributed by atoms with Crippen LogP contribution in [0, 0.1) is 16.0 Å². The lowest BCUT2D eigenvalue weighted by molar-refractivity contribution is -0.387. The van der Waals surface area contributed by atoms with E-state index in [9.17, 15) is 18.5 Å². The van der Waals surface area contributed by atoms with Crippen LogP contribution < -0.4 is 9.46 Å². The Morgan fingerprint density at radius 3 is 2.67 bits per heavy atom. The number of benzene rings is 1. The van der Waals surface area contributed by atoms with Crippen LogP contribution in [0.3, 0.4) is 0 Å². The number of nitro benzene ring substituents is 1. The van der Waals surface area contributed by atoms with Crippen LogP contribution in [0.1, 0.15) is 13.3 Å². The summed E-state index contributed by atoms with van der Waals surface area (Å²) in [7, 11) is -2.67. The molecule has 1 aromatic rings. The highest BCUT2D eigenvalue weighted by Crippen LogP contribution is 2.28. The van der Waals surface area contributed by atoms with E-state index in [2.05, 4.69) is 4.72 Å². The van der Waals surface area contributed by atoms with Gasteiger partial charge < -0.3 is 9.84 Å². The number of methoxy groups -OCH3 is 1. The number of rotatable bonds is 8. The first kappa shape index (κ1) is 17.3. The van der Waals surface area contributed by atoms with Crippen molar-refractivity contribution >= 4 is 15.7 Å². The summed E-state index contributed by atoms with van der Waals surface area (Å²) in [4.78, 5) is 9.82. The highest BCUT2D eigenvalue weighted by Gasteiger charge is 2.26. The first-order chi connectivity index (χ1) is 9.81. The molecule has 8 nitrogen and oxygen atoms in total. The maximum Gasteiger partial charge on any atom is 0.293 e. The summed E-state index contributed by atoms with van der Waals surface area (Å²) in [5.74, 6) is 0.122. The molecule has 0 saturated carbocycles. The molecule has 1 rings (SSSR count). The molecule has 0 radical (unpaired) electrons. The van der Waals surface area contributed by atoms with Crippen molar-refractivity contribution in [3.63, 3.8) is 0 Å². The summed E-state index contributed by atoms with van der Waals surface area (Å²) in [6.07, 6.45) is 0.438. The van der Waals surface area contributed by atoms with Crippen molar-refractivity contribution in [1.82, 2.24) is 4.72 Å². The fraction of sp³-hybridized carbons (Fsp3) is 0.500. The number of nitro groups is 1. The van der Waals surface area contributed by atoms with E-state index in [0.717, 1.165) is 12.1 Å². The Balaban J connectivity index is 3.05. The molecule has 0 aromatic heterocycles. The van der Waals surface area contributed by atoms with Crippen LogP contribution in [0.15, 0.2) is 23.1 Å². The Labute approximate surface area is 122 Å². The maximum atomic E-state index is 12.1. The summed E-state index contributed by atoms with van der Waals surface area (Å²) in [5, 5.41) is 19.8. The van der Waals surface area contributed by atoms with Gasteiger partial charge in [-0.05, 0) is 24.5 Å². The largest absolute Gasteiger partial charge is 0.497 e. The zero-order valence-electron chi connectivity index (χ0n) is 11.8. The van der Waals surface area contributed by atoms with Crippen molar-refractivity contribution in [1.29, 1.82) is 0 Å². The first-order valence-corrected chi connectivity index (χ1v) is 7.73. The van der Waals surface area contributed by atoms with Crippen LogP contribution in [0.2, 0.25) is 0 Å². The molecule has 0 aliphatic rings. The normalized spacial score (nSPS) is 12.9. The lowest BCUT2D eigenvalue weighted by Gasteiger charge is -2.12. The highest BCUT2D eigenvalue weighted by molar-refractivity contribution is 7.89. The van der Waals surface area contributed by atoms with Crippen molar-refractivity contribution in [2.45, 2.75) is 18.2 Å². The standard InChI is InChI=1S/C12H18N2O6S/c1-9(5-6-15)8-13-21(18,19)12-4-3-10(20-2)7-11(12)14(16)17/h3-4,7,9,13,15H,5-6,8H2,1-2H3. The van der Waals surface area contributed by atoms with Gasteiger partial charge in [0.25, 0.3) is 5.69 Å². The Morgan fingerprint density at radius 1 is 1.48 bits per heavy atom. The number of aliphatic hydroxyl groups excluding tert-OH is 1. The zero-order valence-corrected chi connectivity index (χ0v) is 12.6. The number of nitrogens with one attached hydrogen (secondary N) is 1. The second-order valence-corrected chi connectivity index (χ2v) is 6.30. The van der Waals surface area contributed by atoms with Gasteiger partial charge in [-0.2, -0.15) is 0 Å². The van der Waals surface area contributed by atoms with Crippen LogP contribution in [-0.2, 0) is 10.0 Å². The average molecular weight is 318 g/mol. The number of ether oxygens (including phenoxy) is 1. The lowest BCUT2D eigenvalue weighted by atomic mass is 10.1. The fourth-order valence-electron chi connectivity index (χ4n) is 1.65. The van der Waals surface area contributed by atoms with Crippen molar-refractivity contribution < 1.29 is 23.2 Å². The molecule has 1 unspecified atom stereocenters. The predicted molar refractivity (Wildman–Crippen MR) is 75.7 cm³/mol. The van der Waals surface area contributed by atoms with Crippen LogP contribution in [0.4, 0.5) is 5.69 Å². The molecule has 0 spiro atoms. The Hall–Kier alpha value is -1.71. The third kappa shape index (κ3) is 4.66. The Kier molecular flexibility index (Phi) is 6.06. The van der Waals surface area contributed by atoms with E-state index in [1.807, 2.05) is 0 Å². The number of aliphatic hydroxyl groups is 1. The molecule has 2 N–H and O–H groups in total. The van der Waals surface area contributed by atoms with E-state index in [4.69, 9.17) is 9.84 Å². The molecule has 0 saturated heterocycles. The summed E-state index contributed by atoms with van der Waals surface area (Å²) in [6, 6.07) is 3.54. The molecule has 0 aliphatic carbocycles. The van der Waals surface area contributed by atoms with Crippen LogP contribution >= 0.6 is 0 Å². The fourth-order valence-corrected chi connectivity index (χ4v) is 2.96. The van der Waals surface area contributed by atoms with Gasteiger partial charge in [-0.1, -0.05) is 6.92 Å². The van der Waals surface area contributed by atoms with E-state index < -0.39 is 25.5 Å². The van der Waals surface area contributed by atoms with Gasteiger partial charge in [0.2, 0.25) is 10.0 Å². The molecule has 0 bridgehead atoms. The molecule has 1 aromatic carbocycles. The molecular formula is C12H18N2O6S. The Bertz CT molecular complexity index is 602. The molecule has 0 heterocycles. The number of sulfonamides is 1. The minimum atomic E-state index is -4.00. The second kappa shape index (κ2) is 7.34. The van der Waals surface area contributed by atoms with Crippen LogP contribution in [0.5, 0.6) is 5.75 Å². The molecule has 9 heteroatoms. The summed E-state index contributed by atoms with van der Waals surface area (Å²) in [5.41, 5.74) is -0.545. The lowest BCUT2D eigenvalue weighted by Crippen LogP contribution is -2.29. The van der Waals surface area contributed by atoms with Crippen molar-refractivity contribution in [2.75, 3.05) is 20.3 Å². The topological polar surface area (TPSA) is 119 Å². The average Bonchev–Trinajstić information content (AvgIpc) is 2.45. The van der Waals surface area contributed by atoms with Gasteiger partial charge in [-0.25, -0.2) is 13.1 Å². The second-order valence-electron chi connectivity index (χ2n) is 4.56. The monoisotopic (exact) mass is 318 g/mol. The maximum absolute atomic E-state index is 12.1. The Morgan fingerprint density at radius 2 is 2.14 bits per heavy atom. The van der Waals surface area contributed by atoms with Gasteiger partial charge in [0.05, 0.1) is 18.1 Å². The van der Waals surface area contributed by atoms with E-state index in [1.165, 1.54) is 13.2 Å². The molecule has 0 fully saturated rings. The van der Waals surface area contributed by atoms with E-state index in [1.54, 1.807) is 6.92 Å². The molecule has 0 amide bonds. The predicted octanol–water partition coefficient (Wildman–Crippen LogP) is 0.900. The molecular weight excluding hydrogens is 300 g/mol. The quantitative estimate of drug-likeness (QED) is 0.543. The van der Waals surface area contributed by atoms with Crippen LogP contribution in [-0.4, -0.2) is 38.7 Å². The van der Waals surface area contributed by atoms with Crippen molar-refractivity contribution in [3.05, 3.63) is 28.3 Å². The van der Waals surface area contributed by atoms with E-state index in [0.29, 0.717) is 6.42 Å². The third-order valence-corrected chi connectivity index (χ3v) is 4.37. The van der Waals surface area contributed by atoms with Gasteiger partial charge in [-0.3, -0.25) is 10.1 Å². The SMILES string of the molecule is COc1ccc(S(=O)(=O)NCC(C)CCO)c([N+](=O)[O-])c1. The minimum absolute atomic E-state index is 0.0500. The minimum Gasteiger partial charge on any atom is -0.497 e. The van der Waals surface area contributed by atoms with E-state index in [-0.39, 0.29) is 24.8 Å². The first-order valence-electron chi connectivity index (χ1n) is 6.24. The van der Waals surface area contributed by atoms with Crippen LogP contribution in [0.25, 0.3) is 0 Å². The third-order valence-electron chi connectivity index (χ3n) is 2.90. The van der Waals surface area contributed by atoms with Gasteiger partial charge in [-0.15, -0.1) is 0 Å². The van der Waals surface area contributed by atoms with Crippen molar-refractivity contribution in [3.8, 4) is 5.75 Å². The summed E-state index contributed by atoms with van der Waals surface area (Å²) < 4.78 is 31.5. The van der Waals surface area contributed by atoms with Gasteiger partial charge in [0.15, 0.2) is 4.90 Å². The number of hydrogen-bond acceptors (Lipinski definition) is 6. The zero-order chi connectivity index (χ0) is 16.0. The summed E-state index contributed by atoms with van der Waals surface area (Å²) >= 11 is 0. The van der Waals surface area contributed by atoms with Gasteiger partial charge in [0, 0.05) is 13.2 Å².